The van der Waals surface area contributed by atoms with Gasteiger partial charge in [0.15, 0.2) is 5.82 Å². The molecule has 0 atom stereocenters. The Labute approximate surface area is 210 Å². The van der Waals surface area contributed by atoms with Crippen LogP contribution in [0.1, 0.15) is 12.2 Å². The van der Waals surface area contributed by atoms with Crippen LogP contribution in [0.5, 0.6) is 5.75 Å². The molecular weight excluding hydrogens is 456 g/mol. The number of anilines is 3. The molecule has 3 N–H and O–H groups in total. The third-order valence-electron chi connectivity index (χ3n) is 6.54. The molecule has 1 aromatic carbocycles. The summed E-state index contributed by atoms with van der Waals surface area (Å²) in [5.74, 6) is 8.21. The SMILES string of the molecule is COC1CN(CC#Cc2nccc(N3CCCN(c4cc(-c5ccccc5O)nnc4N)CC3)n2)C1. The number of hydrogen-bond donors (Lipinski definition) is 2. The molecule has 0 spiro atoms. The van der Waals surface area contributed by atoms with E-state index in [1.807, 2.05) is 24.3 Å². The molecule has 2 aromatic heterocycles. The Bertz CT molecular complexity index is 1270. The van der Waals surface area contributed by atoms with Crippen LogP contribution in [-0.2, 0) is 4.74 Å². The van der Waals surface area contributed by atoms with Gasteiger partial charge in [-0.1, -0.05) is 18.1 Å². The molecular formula is C26H30N8O2. The van der Waals surface area contributed by atoms with E-state index in [-0.39, 0.29) is 5.75 Å². The van der Waals surface area contributed by atoms with Crippen LogP contribution < -0.4 is 15.5 Å². The molecule has 2 aliphatic rings. The second kappa shape index (κ2) is 10.8. The lowest BCUT2D eigenvalue weighted by atomic mass is 10.1. The Kier molecular flexibility index (Phi) is 7.11. The Morgan fingerprint density at radius 3 is 2.72 bits per heavy atom. The predicted octanol–water partition coefficient (Wildman–Crippen LogP) is 1.62. The zero-order chi connectivity index (χ0) is 24.9. The highest BCUT2D eigenvalue weighted by Gasteiger charge is 2.25. The van der Waals surface area contributed by atoms with Gasteiger partial charge in [-0.3, -0.25) is 4.90 Å². The molecule has 5 rings (SSSR count). The maximum absolute atomic E-state index is 10.2. The van der Waals surface area contributed by atoms with Crippen LogP contribution >= 0.6 is 0 Å². The first-order chi connectivity index (χ1) is 17.6. The van der Waals surface area contributed by atoms with Crippen molar-refractivity contribution < 1.29 is 9.84 Å². The fraction of sp³-hybridized carbons (Fsp3) is 0.385. The van der Waals surface area contributed by atoms with Crippen LogP contribution in [0.4, 0.5) is 17.3 Å². The summed E-state index contributed by atoms with van der Waals surface area (Å²) in [5, 5.41) is 18.6. The molecule has 0 bridgehead atoms. The average Bonchev–Trinajstić information content (AvgIpc) is 3.13. The number of nitrogens with zero attached hydrogens (tertiary/aromatic N) is 7. The molecule has 2 saturated heterocycles. The van der Waals surface area contributed by atoms with Crippen molar-refractivity contribution in [1.29, 1.82) is 0 Å². The summed E-state index contributed by atoms with van der Waals surface area (Å²) in [6.45, 7) is 5.72. The summed E-state index contributed by atoms with van der Waals surface area (Å²) in [6, 6.07) is 10.9. The van der Waals surface area contributed by atoms with Gasteiger partial charge in [-0.05, 0) is 36.6 Å². The van der Waals surface area contributed by atoms with E-state index < -0.39 is 0 Å². The Hall–Kier alpha value is -3.94. The van der Waals surface area contributed by atoms with Gasteiger partial charge in [0.2, 0.25) is 5.82 Å². The molecule has 186 valence electrons. The van der Waals surface area contributed by atoms with Gasteiger partial charge in [0.25, 0.3) is 0 Å². The van der Waals surface area contributed by atoms with Gasteiger partial charge in [-0.15, -0.1) is 10.2 Å². The van der Waals surface area contributed by atoms with E-state index in [0.717, 1.165) is 57.2 Å². The first-order valence-electron chi connectivity index (χ1n) is 12.1. The van der Waals surface area contributed by atoms with Crippen LogP contribution in [0.15, 0.2) is 42.6 Å². The van der Waals surface area contributed by atoms with Crippen LogP contribution in [0, 0.1) is 11.8 Å². The number of likely N-dealkylation sites (tertiary alicyclic amines) is 1. The number of ether oxygens (including phenoxy) is 1. The summed E-state index contributed by atoms with van der Waals surface area (Å²) in [7, 11) is 1.74. The van der Waals surface area contributed by atoms with Crippen molar-refractivity contribution in [3.63, 3.8) is 0 Å². The van der Waals surface area contributed by atoms with Gasteiger partial charge >= 0.3 is 0 Å². The molecule has 10 heteroatoms. The number of para-hydroxylation sites is 1. The lowest BCUT2D eigenvalue weighted by Crippen LogP contribution is -2.51. The number of aromatic nitrogens is 4. The molecule has 0 radical (unpaired) electrons. The number of phenolic OH excluding ortho intramolecular Hbond substituents is 1. The van der Waals surface area contributed by atoms with Gasteiger partial charge in [0.1, 0.15) is 11.6 Å². The van der Waals surface area contributed by atoms with Crippen molar-refractivity contribution in [2.24, 2.45) is 0 Å². The zero-order valence-electron chi connectivity index (χ0n) is 20.3. The number of hydrogen-bond acceptors (Lipinski definition) is 10. The molecule has 3 aromatic rings. The second-order valence-corrected chi connectivity index (χ2v) is 8.94. The van der Waals surface area contributed by atoms with Gasteiger partial charge < -0.3 is 25.4 Å². The molecule has 4 heterocycles. The number of nitrogens with two attached hydrogens (primary N) is 1. The first-order valence-corrected chi connectivity index (χ1v) is 12.1. The van der Waals surface area contributed by atoms with Gasteiger partial charge in [0.05, 0.1) is 24.0 Å². The Morgan fingerprint density at radius 1 is 1.08 bits per heavy atom. The van der Waals surface area contributed by atoms with Gasteiger partial charge in [0, 0.05) is 58.1 Å². The molecule has 0 saturated carbocycles. The molecule has 10 nitrogen and oxygen atoms in total. The molecule has 36 heavy (non-hydrogen) atoms. The summed E-state index contributed by atoms with van der Waals surface area (Å²) in [5.41, 5.74) is 8.25. The second-order valence-electron chi connectivity index (χ2n) is 8.94. The molecule has 0 unspecified atom stereocenters. The van der Waals surface area contributed by atoms with Crippen molar-refractivity contribution in [3.8, 4) is 28.8 Å². The predicted molar refractivity (Wildman–Crippen MR) is 139 cm³/mol. The Morgan fingerprint density at radius 2 is 1.89 bits per heavy atom. The fourth-order valence-electron chi connectivity index (χ4n) is 4.47. The Balaban J connectivity index is 1.25. The monoisotopic (exact) mass is 486 g/mol. The number of methoxy groups -OCH3 is 1. The summed E-state index contributed by atoms with van der Waals surface area (Å²) < 4.78 is 5.30. The topological polar surface area (TPSA) is 117 Å². The van der Waals surface area contributed by atoms with Crippen molar-refractivity contribution in [2.45, 2.75) is 12.5 Å². The normalized spacial score (nSPS) is 16.7. The van der Waals surface area contributed by atoms with E-state index in [1.165, 1.54) is 0 Å². The molecule has 2 aliphatic heterocycles. The molecule has 0 aliphatic carbocycles. The standard InChI is InChI=1S/C26H30N8O2/c1-36-19-17-32(18-19)11-4-8-24-28-10-9-25(29-24)34-13-5-12-33(14-15-34)22-16-21(30-31-26(22)27)20-6-2-3-7-23(20)35/h2-3,6-7,9-10,16,19,35H,5,11-15,17-18H2,1H3,(H2,27,31). The van der Waals surface area contributed by atoms with Crippen molar-refractivity contribution >= 4 is 17.3 Å². The minimum atomic E-state index is 0.163. The van der Waals surface area contributed by atoms with Crippen LogP contribution in [0.3, 0.4) is 0 Å². The maximum atomic E-state index is 10.2. The van der Waals surface area contributed by atoms with Crippen LogP contribution in [-0.4, -0.2) is 89.2 Å². The summed E-state index contributed by atoms with van der Waals surface area (Å²) in [6.07, 6.45) is 3.02. The highest BCUT2D eigenvalue weighted by Crippen LogP contribution is 2.31. The zero-order valence-corrected chi connectivity index (χ0v) is 20.3. The maximum Gasteiger partial charge on any atom is 0.206 e. The first kappa shape index (κ1) is 23.8. The van der Waals surface area contributed by atoms with Crippen molar-refractivity contribution in [2.75, 3.05) is 68.5 Å². The number of nitrogen functional groups attached to an aromatic ring is 1. The summed E-state index contributed by atoms with van der Waals surface area (Å²) in [4.78, 5) is 15.7. The van der Waals surface area contributed by atoms with E-state index in [9.17, 15) is 5.11 Å². The smallest absolute Gasteiger partial charge is 0.206 e. The van der Waals surface area contributed by atoms with Crippen molar-refractivity contribution in [1.82, 2.24) is 25.1 Å². The molecule has 0 amide bonds. The van der Waals surface area contributed by atoms with Crippen molar-refractivity contribution in [3.05, 3.63) is 48.4 Å². The van der Waals surface area contributed by atoms with Gasteiger partial charge in [-0.25, -0.2) is 9.97 Å². The van der Waals surface area contributed by atoms with E-state index in [4.69, 9.17) is 15.5 Å². The highest BCUT2D eigenvalue weighted by molar-refractivity contribution is 5.74. The lowest BCUT2D eigenvalue weighted by Gasteiger charge is -2.36. The number of benzene rings is 1. The minimum Gasteiger partial charge on any atom is -0.507 e. The largest absolute Gasteiger partial charge is 0.507 e. The minimum absolute atomic E-state index is 0.163. The van der Waals surface area contributed by atoms with Crippen LogP contribution in [0.2, 0.25) is 0 Å². The number of aromatic hydroxyl groups is 1. The van der Waals surface area contributed by atoms with E-state index in [0.29, 0.717) is 35.5 Å². The average molecular weight is 487 g/mol. The number of phenols is 1. The molecule has 2 fully saturated rings. The van der Waals surface area contributed by atoms with E-state index >= 15 is 0 Å². The quantitative estimate of drug-likeness (QED) is 0.515. The lowest BCUT2D eigenvalue weighted by molar-refractivity contribution is -0.0222. The fourth-order valence-corrected chi connectivity index (χ4v) is 4.47. The van der Waals surface area contributed by atoms with Crippen LogP contribution in [0.25, 0.3) is 11.3 Å². The van der Waals surface area contributed by atoms with E-state index in [1.54, 1.807) is 25.4 Å². The number of rotatable bonds is 5. The van der Waals surface area contributed by atoms with E-state index in [2.05, 4.69) is 41.7 Å². The third-order valence-corrected chi connectivity index (χ3v) is 6.54. The summed E-state index contributed by atoms with van der Waals surface area (Å²) >= 11 is 0. The highest BCUT2D eigenvalue weighted by atomic mass is 16.5. The van der Waals surface area contributed by atoms with Gasteiger partial charge in [-0.2, -0.15) is 0 Å². The third kappa shape index (κ3) is 5.32.